The van der Waals surface area contributed by atoms with Crippen LogP contribution < -0.4 is 0 Å². The van der Waals surface area contributed by atoms with Crippen LogP contribution in [0.25, 0.3) is 0 Å². The van der Waals surface area contributed by atoms with Crippen molar-refractivity contribution in [2.75, 3.05) is 20.1 Å². The first-order valence-corrected chi connectivity index (χ1v) is 8.06. The van der Waals surface area contributed by atoms with Crippen LogP contribution in [0.15, 0.2) is 0 Å². The number of hydrogen-bond donors (Lipinski definition) is 1. The second kappa shape index (κ2) is 4.62. The van der Waals surface area contributed by atoms with E-state index in [1.807, 2.05) is 0 Å². The maximum atomic E-state index is 4.72. The number of aromatic nitrogens is 2. The molecule has 3 heteroatoms. The molecule has 0 unspecified atom stereocenters. The predicted octanol–water partition coefficient (Wildman–Crippen LogP) is 2.73. The van der Waals surface area contributed by atoms with E-state index in [9.17, 15) is 0 Å². The van der Waals surface area contributed by atoms with Gasteiger partial charge < -0.3 is 4.90 Å². The van der Waals surface area contributed by atoms with Crippen molar-refractivity contribution in [3.05, 3.63) is 17.0 Å². The first-order valence-electron chi connectivity index (χ1n) is 8.06. The van der Waals surface area contributed by atoms with Crippen LogP contribution in [-0.4, -0.2) is 35.2 Å². The Morgan fingerprint density at radius 1 is 1.11 bits per heavy atom. The molecule has 1 aromatic heterocycles. The second-order valence-corrected chi connectivity index (χ2v) is 7.03. The first kappa shape index (κ1) is 12.0. The van der Waals surface area contributed by atoms with Gasteiger partial charge in [0.2, 0.25) is 0 Å². The molecule has 0 spiro atoms. The summed E-state index contributed by atoms with van der Waals surface area (Å²) in [6.07, 6.45) is 9.46. The van der Waals surface area contributed by atoms with Crippen molar-refractivity contribution in [1.29, 1.82) is 0 Å². The van der Waals surface area contributed by atoms with E-state index in [1.165, 1.54) is 69.4 Å². The van der Waals surface area contributed by atoms with E-state index in [4.69, 9.17) is 5.10 Å². The van der Waals surface area contributed by atoms with E-state index in [-0.39, 0.29) is 0 Å². The van der Waals surface area contributed by atoms with E-state index in [2.05, 4.69) is 17.0 Å². The highest BCUT2D eigenvalue weighted by atomic mass is 15.1. The molecule has 1 saturated heterocycles. The Labute approximate surface area is 115 Å². The van der Waals surface area contributed by atoms with Crippen LogP contribution in [0.5, 0.6) is 0 Å². The number of nitrogens with one attached hydrogen (secondary N) is 1. The minimum atomic E-state index is 0.762. The van der Waals surface area contributed by atoms with E-state index < -0.39 is 0 Å². The Morgan fingerprint density at radius 2 is 1.95 bits per heavy atom. The number of likely N-dealkylation sites (tertiary alicyclic amines) is 1. The third kappa shape index (κ3) is 2.03. The molecule has 4 rings (SSSR count). The fourth-order valence-corrected chi connectivity index (χ4v) is 4.64. The fourth-order valence-electron chi connectivity index (χ4n) is 4.64. The van der Waals surface area contributed by atoms with Crippen LogP contribution in [0, 0.1) is 11.8 Å². The highest BCUT2D eigenvalue weighted by Gasteiger charge is 2.36. The zero-order valence-corrected chi connectivity index (χ0v) is 12.0. The van der Waals surface area contributed by atoms with Gasteiger partial charge in [0.25, 0.3) is 0 Å². The Kier molecular flexibility index (Phi) is 2.91. The van der Waals surface area contributed by atoms with E-state index >= 15 is 0 Å². The number of aromatic amines is 1. The SMILES string of the molecule is CN1CC[C@H]2Cc3[nH]nc(C4CCCC4)c3C[C@@H]2C1. The van der Waals surface area contributed by atoms with Crippen LogP contribution in [0.4, 0.5) is 0 Å². The zero-order valence-electron chi connectivity index (χ0n) is 12.0. The van der Waals surface area contributed by atoms with Crippen LogP contribution in [0.1, 0.15) is 55.0 Å². The lowest BCUT2D eigenvalue weighted by Crippen LogP contribution is -2.42. The molecule has 19 heavy (non-hydrogen) atoms. The van der Waals surface area contributed by atoms with Gasteiger partial charge in [0.15, 0.2) is 0 Å². The van der Waals surface area contributed by atoms with E-state index in [1.54, 1.807) is 5.56 Å². The first-order chi connectivity index (χ1) is 9.31. The van der Waals surface area contributed by atoms with Crippen LogP contribution in [0.3, 0.4) is 0 Å². The lowest BCUT2D eigenvalue weighted by molar-refractivity contribution is 0.133. The molecule has 2 fully saturated rings. The van der Waals surface area contributed by atoms with Gasteiger partial charge in [-0.15, -0.1) is 0 Å². The summed E-state index contributed by atoms with van der Waals surface area (Å²) in [5, 5.41) is 8.10. The standard InChI is InChI=1S/C16H25N3/c1-19-7-6-12-9-15-14(8-13(12)10-19)16(18-17-15)11-4-2-3-5-11/h11-13H,2-10H2,1H3,(H,17,18)/t12-,13+/m0/s1. The van der Waals surface area contributed by atoms with Crippen molar-refractivity contribution in [3.63, 3.8) is 0 Å². The third-order valence-corrected chi connectivity index (χ3v) is 5.75. The molecule has 2 aliphatic carbocycles. The lowest BCUT2D eigenvalue weighted by atomic mass is 9.73. The Bertz CT molecular complexity index is 459. The minimum Gasteiger partial charge on any atom is -0.306 e. The molecule has 1 saturated carbocycles. The quantitative estimate of drug-likeness (QED) is 0.841. The van der Waals surface area contributed by atoms with Gasteiger partial charge in [0.1, 0.15) is 0 Å². The van der Waals surface area contributed by atoms with Gasteiger partial charge in [0.05, 0.1) is 5.69 Å². The van der Waals surface area contributed by atoms with Gasteiger partial charge in [-0.05, 0) is 63.1 Å². The summed E-state index contributed by atoms with van der Waals surface area (Å²) in [7, 11) is 2.28. The summed E-state index contributed by atoms with van der Waals surface area (Å²) in [5.41, 5.74) is 4.54. The van der Waals surface area contributed by atoms with Gasteiger partial charge in [-0.3, -0.25) is 5.10 Å². The number of piperidine rings is 1. The monoisotopic (exact) mass is 259 g/mol. The molecule has 104 valence electrons. The molecule has 0 bridgehead atoms. The summed E-state index contributed by atoms with van der Waals surface area (Å²) >= 11 is 0. The molecule has 3 nitrogen and oxygen atoms in total. The second-order valence-electron chi connectivity index (χ2n) is 7.03. The topological polar surface area (TPSA) is 31.9 Å². The van der Waals surface area contributed by atoms with Gasteiger partial charge in [0, 0.05) is 18.2 Å². The minimum absolute atomic E-state index is 0.762. The molecular formula is C16H25N3. The smallest absolute Gasteiger partial charge is 0.0687 e. The number of fused-ring (bicyclic) bond motifs is 2. The summed E-state index contributed by atoms with van der Waals surface area (Å²) in [4.78, 5) is 2.52. The Balaban J connectivity index is 1.61. The van der Waals surface area contributed by atoms with Crippen molar-refractivity contribution in [1.82, 2.24) is 15.1 Å². The van der Waals surface area contributed by atoms with Crippen molar-refractivity contribution in [2.45, 2.75) is 50.9 Å². The van der Waals surface area contributed by atoms with Gasteiger partial charge >= 0.3 is 0 Å². The largest absolute Gasteiger partial charge is 0.306 e. The molecule has 1 N–H and O–H groups in total. The average molecular weight is 259 g/mol. The number of hydrogen-bond acceptors (Lipinski definition) is 2. The lowest BCUT2D eigenvalue weighted by Gasteiger charge is -2.39. The number of H-pyrrole nitrogens is 1. The summed E-state index contributed by atoms with van der Waals surface area (Å²) in [5.74, 6) is 2.54. The van der Waals surface area contributed by atoms with Gasteiger partial charge in [-0.2, -0.15) is 5.10 Å². The average Bonchev–Trinajstić information content (AvgIpc) is 3.04. The Morgan fingerprint density at radius 3 is 2.79 bits per heavy atom. The molecule has 2 heterocycles. The molecule has 0 radical (unpaired) electrons. The van der Waals surface area contributed by atoms with E-state index in [0.29, 0.717) is 0 Å². The summed E-state index contributed by atoms with van der Waals surface area (Å²) in [6, 6.07) is 0. The third-order valence-electron chi connectivity index (χ3n) is 5.75. The van der Waals surface area contributed by atoms with Crippen molar-refractivity contribution in [2.24, 2.45) is 11.8 Å². The molecule has 1 aromatic rings. The summed E-state index contributed by atoms with van der Waals surface area (Å²) in [6.45, 7) is 2.57. The number of rotatable bonds is 1. The molecular weight excluding hydrogens is 234 g/mol. The molecule has 1 aliphatic heterocycles. The molecule has 3 aliphatic rings. The normalized spacial score (nSPS) is 32.3. The zero-order chi connectivity index (χ0) is 12.8. The van der Waals surface area contributed by atoms with Crippen molar-refractivity contribution >= 4 is 0 Å². The predicted molar refractivity (Wildman–Crippen MR) is 76.3 cm³/mol. The summed E-state index contributed by atoms with van der Waals surface area (Å²) < 4.78 is 0. The molecule has 0 amide bonds. The van der Waals surface area contributed by atoms with Gasteiger partial charge in [-0.1, -0.05) is 12.8 Å². The van der Waals surface area contributed by atoms with Crippen molar-refractivity contribution < 1.29 is 0 Å². The van der Waals surface area contributed by atoms with Crippen LogP contribution in [-0.2, 0) is 12.8 Å². The van der Waals surface area contributed by atoms with E-state index in [0.717, 1.165) is 17.8 Å². The van der Waals surface area contributed by atoms with Crippen molar-refractivity contribution in [3.8, 4) is 0 Å². The highest BCUT2D eigenvalue weighted by molar-refractivity contribution is 5.32. The van der Waals surface area contributed by atoms with Crippen LogP contribution >= 0.6 is 0 Å². The van der Waals surface area contributed by atoms with Crippen LogP contribution in [0.2, 0.25) is 0 Å². The molecule has 2 atom stereocenters. The maximum Gasteiger partial charge on any atom is 0.0687 e. The van der Waals surface area contributed by atoms with Gasteiger partial charge in [-0.25, -0.2) is 0 Å². The fraction of sp³-hybridized carbons (Fsp3) is 0.812. The Hall–Kier alpha value is -0.830. The maximum absolute atomic E-state index is 4.72. The molecule has 0 aromatic carbocycles. The number of nitrogens with zero attached hydrogens (tertiary/aromatic N) is 2. The highest BCUT2D eigenvalue weighted by Crippen LogP contribution is 2.41.